The van der Waals surface area contributed by atoms with Crippen LogP contribution in [-0.2, 0) is 56.0 Å². The van der Waals surface area contributed by atoms with E-state index < -0.39 is 95.6 Å². The molecule has 548 valence electrons. The number of aromatic nitrogens is 1. The lowest BCUT2D eigenvalue weighted by Crippen LogP contribution is -2.61. The van der Waals surface area contributed by atoms with Gasteiger partial charge in [-0.25, -0.2) is 0 Å². The number of primary amides is 1. The summed E-state index contributed by atoms with van der Waals surface area (Å²) in [4.78, 5) is 140. The number of guanidine groups is 2. The first kappa shape index (κ1) is 84.3. The number of hydrogen-bond acceptors (Lipinski definition) is 13. The predicted octanol–water partition coefficient (Wildman–Crippen LogP) is 4.88. The Bertz CT molecular complexity index is 2940. The van der Waals surface area contributed by atoms with Gasteiger partial charge in [-0.15, -0.1) is 0 Å². The van der Waals surface area contributed by atoms with Gasteiger partial charge in [0.15, 0.2) is 11.9 Å². The van der Waals surface area contributed by atoms with Crippen molar-refractivity contribution in [3.8, 4) is 0 Å². The molecule has 3 rings (SSSR count). The smallest absolute Gasteiger partial charge is 0.243 e. The first-order chi connectivity index (χ1) is 47.0. The number of hydrogen-bond donors (Lipinski definition) is 15. The van der Waals surface area contributed by atoms with E-state index in [0.29, 0.717) is 49.0 Å². The fraction of sp³-hybridized carbons (Fsp3) is 0.648. The average Bonchev–Trinajstić information content (AvgIpc) is 1.62. The largest absolute Gasteiger partial charge is 0.370 e. The van der Waals surface area contributed by atoms with Crippen molar-refractivity contribution in [2.45, 2.75) is 250 Å². The molecule has 9 atom stereocenters. The van der Waals surface area contributed by atoms with Gasteiger partial charge in [-0.05, 0) is 112 Å². The van der Waals surface area contributed by atoms with E-state index in [2.05, 4.69) is 64.4 Å². The molecule has 1 heterocycles. The molecular formula is C71H119N17O9S. The SMILES string of the molecule is CCCCCCCCCCCCCCCC(=O)N[C@@H](CCCN=C(N)N)C(=O)N[C@@H](CC(C)C)C(=O)N[C@@H](CCCN=C(N)N)C(=O)N[C@@H](CCCCN)C(=O)N[C@@H](Cc1c[nH]c2ccccc12)C(=O)N[C@@H](CCSC)C(=O)N[C@@H](Cc1ccccc1)C(=O)N[C@H](C(N)=O)[C@@H](C)CC. The molecular weight excluding hydrogens is 1270 g/mol. The maximum absolute atomic E-state index is 15.0. The number of H-pyrrole nitrogens is 1. The number of rotatable bonds is 53. The Balaban J connectivity index is 1.95. The Kier molecular flexibility index (Phi) is 41.9. The second-order valence-corrected chi connectivity index (χ2v) is 27.1. The number of aromatic amines is 1. The monoisotopic (exact) mass is 1390 g/mol. The third-order valence-electron chi connectivity index (χ3n) is 17.3. The standard InChI is InChI=1S/C71H119N17O9S/c1-7-9-10-11-12-13-14-15-16-17-18-19-23-37-60(89)81-53(35-28-40-78-70(74)75)63(91)85-57(43-47(3)4)67(95)83-55(36-29-41-79-71(76)77)64(92)82-54(34-26-27-39-72)65(93)87-59(45-50-46-80-52-33-25-24-32-51(50)52)68(96)84-56(38-42-98-6)66(94)86-58(44-49-30-21-20-22-31-49)69(97)88-61(62(73)90)48(5)8-2/h20-22,24-25,30-33,46-48,53-59,61,80H,7-19,23,26-29,34-45,72H2,1-6H3,(H2,73,90)(H,81,89)(H,82,92)(H,83,95)(H,84,96)(H,85,91)(H,86,94)(H,87,93)(H,88,97)(H4,74,75,78)(H4,76,77,79)/t48-,53-,54-,55-,56-,57-,58-,59-,61-/m0/s1. The molecule has 0 saturated carbocycles. The molecule has 9 amide bonds. The number of benzene rings is 2. The van der Waals surface area contributed by atoms with Crippen LogP contribution in [-0.4, -0.2) is 150 Å². The third kappa shape index (κ3) is 34.0. The Hall–Kier alpha value is -7.94. The van der Waals surface area contributed by atoms with Gasteiger partial charge in [0.2, 0.25) is 53.2 Å². The number of nitrogens with one attached hydrogen (secondary N) is 9. The van der Waals surface area contributed by atoms with Crippen LogP contribution in [0.3, 0.4) is 0 Å². The van der Waals surface area contributed by atoms with Crippen LogP contribution in [0, 0.1) is 11.8 Å². The average molecular weight is 1390 g/mol. The first-order valence-corrected chi connectivity index (χ1v) is 37.0. The van der Waals surface area contributed by atoms with E-state index in [9.17, 15) is 33.6 Å². The van der Waals surface area contributed by atoms with Gasteiger partial charge < -0.3 is 81.9 Å². The highest BCUT2D eigenvalue weighted by Crippen LogP contribution is 2.21. The van der Waals surface area contributed by atoms with Gasteiger partial charge in [0.25, 0.3) is 0 Å². The second kappa shape index (κ2) is 48.7. The summed E-state index contributed by atoms with van der Waals surface area (Å²) in [5.74, 6) is -6.38. The number of fused-ring (bicyclic) bond motifs is 1. The molecule has 0 spiro atoms. The number of nitrogens with two attached hydrogens (primary N) is 6. The highest BCUT2D eigenvalue weighted by Gasteiger charge is 2.36. The second-order valence-electron chi connectivity index (χ2n) is 26.1. The molecule has 0 aliphatic heterocycles. The maximum Gasteiger partial charge on any atom is 0.243 e. The van der Waals surface area contributed by atoms with Crippen molar-refractivity contribution in [3.05, 3.63) is 71.9 Å². The minimum absolute atomic E-state index is 0.0287. The molecule has 27 heteroatoms. The lowest BCUT2D eigenvalue weighted by molar-refractivity contribution is -0.136. The highest BCUT2D eigenvalue weighted by molar-refractivity contribution is 7.98. The minimum atomic E-state index is -1.37. The van der Waals surface area contributed by atoms with E-state index in [1.54, 1.807) is 37.4 Å². The summed E-state index contributed by atoms with van der Waals surface area (Å²) in [5.41, 5.74) is 36.3. The summed E-state index contributed by atoms with van der Waals surface area (Å²) in [6, 6.07) is 6.64. The Morgan fingerprint density at radius 3 is 1.42 bits per heavy atom. The Labute approximate surface area is 585 Å². The quantitative estimate of drug-likeness (QED) is 0.0203. The van der Waals surface area contributed by atoms with Crippen LogP contribution in [0.4, 0.5) is 0 Å². The van der Waals surface area contributed by atoms with Crippen molar-refractivity contribution < 1.29 is 43.2 Å². The van der Waals surface area contributed by atoms with Crippen LogP contribution in [0.1, 0.15) is 200 Å². The summed E-state index contributed by atoms with van der Waals surface area (Å²) in [7, 11) is 0. The molecule has 1 aromatic heterocycles. The van der Waals surface area contributed by atoms with Gasteiger partial charge in [-0.2, -0.15) is 11.8 Å². The van der Waals surface area contributed by atoms with Crippen LogP contribution in [0.2, 0.25) is 0 Å². The van der Waals surface area contributed by atoms with Gasteiger partial charge in [0.05, 0.1) is 0 Å². The summed E-state index contributed by atoms with van der Waals surface area (Å²) in [6.45, 7) is 10.1. The van der Waals surface area contributed by atoms with E-state index in [0.717, 1.165) is 36.6 Å². The minimum Gasteiger partial charge on any atom is -0.370 e. The fourth-order valence-corrected chi connectivity index (χ4v) is 12.0. The molecule has 98 heavy (non-hydrogen) atoms. The lowest BCUT2D eigenvalue weighted by Gasteiger charge is -2.29. The molecule has 0 unspecified atom stereocenters. The van der Waals surface area contributed by atoms with E-state index in [4.69, 9.17) is 34.4 Å². The summed E-state index contributed by atoms with van der Waals surface area (Å²) in [6.07, 6.45) is 20.9. The zero-order valence-corrected chi connectivity index (χ0v) is 60.0. The van der Waals surface area contributed by atoms with Crippen LogP contribution in [0.15, 0.2) is 70.8 Å². The van der Waals surface area contributed by atoms with Crippen molar-refractivity contribution in [2.75, 3.05) is 31.6 Å². The van der Waals surface area contributed by atoms with Crippen LogP contribution in [0.5, 0.6) is 0 Å². The molecule has 0 fully saturated rings. The summed E-state index contributed by atoms with van der Waals surface area (Å²) in [5, 5.41) is 23.5. The maximum atomic E-state index is 15.0. The third-order valence-corrected chi connectivity index (χ3v) is 18.0. The number of carbonyl (C=O) groups excluding carboxylic acids is 9. The van der Waals surface area contributed by atoms with Crippen LogP contribution < -0.4 is 76.9 Å². The molecule has 0 aliphatic rings. The van der Waals surface area contributed by atoms with E-state index >= 15 is 9.59 Å². The zero-order chi connectivity index (χ0) is 72.2. The van der Waals surface area contributed by atoms with Crippen molar-refractivity contribution in [1.82, 2.24) is 47.5 Å². The molecule has 0 aliphatic carbocycles. The number of nitrogens with zero attached hydrogens (tertiary/aromatic N) is 2. The van der Waals surface area contributed by atoms with Crippen LogP contribution in [0.25, 0.3) is 10.9 Å². The van der Waals surface area contributed by atoms with Gasteiger partial charge in [0, 0.05) is 49.5 Å². The predicted molar refractivity (Wildman–Crippen MR) is 392 cm³/mol. The molecule has 2 aromatic carbocycles. The number of unbranched alkanes of at least 4 members (excludes halogenated alkanes) is 13. The zero-order valence-electron chi connectivity index (χ0n) is 59.2. The fourth-order valence-electron chi connectivity index (χ4n) is 11.5. The van der Waals surface area contributed by atoms with E-state index in [1.807, 2.05) is 57.4 Å². The normalized spacial score (nSPS) is 14.0. The number of carbonyl (C=O) groups is 9. The number of aliphatic imine (C=N–C) groups is 2. The topological polar surface area (TPSA) is 446 Å². The molecule has 0 saturated heterocycles. The van der Waals surface area contributed by atoms with E-state index in [1.165, 1.54) is 63.1 Å². The van der Waals surface area contributed by atoms with E-state index in [-0.39, 0.29) is 107 Å². The molecule has 21 N–H and O–H groups in total. The van der Waals surface area contributed by atoms with Gasteiger partial charge in [-0.3, -0.25) is 53.1 Å². The van der Waals surface area contributed by atoms with Crippen molar-refractivity contribution >= 4 is 87.7 Å². The Morgan fingerprint density at radius 1 is 0.480 bits per heavy atom. The van der Waals surface area contributed by atoms with Crippen LogP contribution >= 0.6 is 11.8 Å². The Morgan fingerprint density at radius 2 is 0.918 bits per heavy atom. The molecule has 0 bridgehead atoms. The molecule has 26 nitrogen and oxygen atoms in total. The molecule has 0 radical (unpaired) electrons. The lowest BCUT2D eigenvalue weighted by atomic mass is 9.97. The summed E-state index contributed by atoms with van der Waals surface area (Å²) >= 11 is 1.42. The number of thioether (sulfide) groups is 1. The highest BCUT2D eigenvalue weighted by atomic mass is 32.2. The van der Waals surface area contributed by atoms with Crippen molar-refractivity contribution in [3.63, 3.8) is 0 Å². The van der Waals surface area contributed by atoms with Gasteiger partial charge in [-0.1, -0.05) is 167 Å². The van der Waals surface area contributed by atoms with Crippen molar-refractivity contribution in [1.29, 1.82) is 0 Å². The summed E-state index contributed by atoms with van der Waals surface area (Å²) < 4.78 is 0. The first-order valence-electron chi connectivity index (χ1n) is 35.6. The number of amides is 9. The molecule has 3 aromatic rings. The van der Waals surface area contributed by atoms with Gasteiger partial charge >= 0.3 is 0 Å². The van der Waals surface area contributed by atoms with Gasteiger partial charge in [0.1, 0.15) is 48.3 Å². The van der Waals surface area contributed by atoms with Crippen molar-refractivity contribution in [2.24, 2.45) is 56.2 Å². The number of para-hydroxylation sites is 1.